The van der Waals surface area contributed by atoms with E-state index in [1.54, 1.807) is 0 Å². The second-order valence-corrected chi connectivity index (χ2v) is 9.62. The fraction of sp³-hybridized carbons (Fsp3) is 0. The average molecular weight is 440 g/mol. The molecule has 0 unspecified atom stereocenters. The van der Waals surface area contributed by atoms with E-state index >= 15 is 0 Å². The van der Waals surface area contributed by atoms with E-state index < -0.39 is 0 Å². The van der Waals surface area contributed by atoms with Crippen LogP contribution in [0.15, 0.2) is 108 Å². The Morgan fingerprint density at radius 2 is 1.12 bits per heavy atom. The molecule has 3 heteroatoms. The molecular formula is C30H17NOS. The van der Waals surface area contributed by atoms with E-state index in [0.717, 1.165) is 22.2 Å². The SMILES string of the molecule is c1ccc2c(c1)sc1ccc3c4cccc(-n5c6ccccc6c6ccccc65)c4oc3c12. The van der Waals surface area contributed by atoms with Gasteiger partial charge in [0.05, 0.1) is 16.7 Å². The number of hydrogen-bond donors (Lipinski definition) is 0. The highest BCUT2D eigenvalue weighted by atomic mass is 32.1. The first-order valence-electron chi connectivity index (χ1n) is 11.1. The summed E-state index contributed by atoms with van der Waals surface area (Å²) in [5, 5.41) is 7.32. The number of hydrogen-bond acceptors (Lipinski definition) is 2. The summed E-state index contributed by atoms with van der Waals surface area (Å²) in [4.78, 5) is 0. The molecule has 0 aliphatic carbocycles. The quantitative estimate of drug-likeness (QED) is 0.249. The first kappa shape index (κ1) is 17.5. The summed E-state index contributed by atoms with van der Waals surface area (Å²) in [6.07, 6.45) is 0. The van der Waals surface area contributed by atoms with Crippen molar-refractivity contribution in [3.63, 3.8) is 0 Å². The highest BCUT2D eigenvalue weighted by Crippen LogP contribution is 2.43. The Balaban J connectivity index is 1.57. The number of thiophene rings is 1. The highest BCUT2D eigenvalue weighted by molar-refractivity contribution is 7.26. The Labute approximate surface area is 192 Å². The van der Waals surface area contributed by atoms with Crippen molar-refractivity contribution in [2.24, 2.45) is 0 Å². The monoisotopic (exact) mass is 439 g/mol. The maximum absolute atomic E-state index is 6.77. The topological polar surface area (TPSA) is 18.1 Å². The number of para-hydroxylation sites is 3. The summed E-state index contributed by atoms with van der Waals surface area (Å²) in [7, 11) is 0. The molecule has 0 saturated carbocycles. The van der Waals surface area contributed by atoms with Gasteiger partial charge in [0.2, 0.25) is 0 Å². The molecule has 0 atom stereocenters. The van der Waals surface area contributed by atoms with Crippen molar-refractivity contribution < 1.29 is 4.42 Å². The van der Waals surface area contributed by atoms with Gasteiger partial charge in [-0.25, -0.2) is 0 Å². The maximum Gasteiger partial charge on any atom is 0.159 e. The molecule has 33 heavy (non-hydrogen) atoms. The number of nitrogens with zero attached hydrogens (tertiary/aromatic N) is 1. The van der Waals surface area contributed by atoms with Crippen molar-refractivity contribution in [1.82, 2.24) is 4.57 Å². The van der Waals surface area contributed by atoms with Gasteiger partial charge < -0.3 is 8.98 Å². The van der Waals surface area contributed by atoms with Crippen molar-refractivity contribution in [3.05, 3.63) is 103 Å². The standard InChI is InChI=1S/C30H17NOS/c1-4-12-23-18(8-1)19-9-2-5-13-24(19)31(23)25-14-7-11-20-21-16-17-27-28(30(21)32-29(20)25)22-10-3-6-15-26(22)33-27/h1-17H. The van der Waals surface area contributed by atoms with Crippen LogP contribution in [0.2, 0.25) is 0 Å². The molecule has 0 spiro atoms. The zero-order valence-corrected chi connectivity index (χ0v) is 18.4. The van der Waals surface area contributed by atoms with Crippen LogP contribution >= 0.6 is 11.3 Å². The van der Waals surface area contributed by atoms with E-state index in [4.69, 9.17) is 4.42 Å². The second-order valence-electron chi connectivity index (χ2n) is 8.54. The van der Waals surface area contributed by atoms with Crippen molar-refractivity contribution in [2.45, 2.75) is 0 Å². The van der Waals surface area contributed by atoms with Gasteiger partial charge in [-0.1, -0.05) is 66.7 Å². The molecule has 8 aromatic rings. The molecule has 0 saturated heterocycles. The molecule has 5 aromatic carbocycles. The minimum atomic E-state index is 0.932. The molecule has 3 aromatic heterocycles. The van der Waals surface area contributed by atoms with Crippen molar-refractivity contribution in [1.29, 1.82) is 0 Å². The lowest BCUT2D eigenvalue weighted by molar-refractivity contribution is 0.670. The van der Waals surface area contributed by atoms with Crippen LogP contribution in [0.25, 0.3) is 69.6 Å². The molecule has 0 bridgehead atoms. The van der Waals surface area contributed by atoms with Crippen LogP contribution in [0, 0.1) is 0 Å². The van der Waals surface area contributed by atoms with Gasteiger partial charge in [0.25, 0.3) is 0 Å². The van der Waals surface area contributed by atoms with E-state index in [1.807, 2.05) is 11.3 Å². The molecule has 0 aliphatic rings. The smallest absolute Gasteiger partial charge is 0.159 e. The Kier molecular flexibility index (Phi) is 3.31. The lowest BCUT2D eigenvalue weighted by Crippen LogP contribution is -1.93. The van der Waals surface area contributed by atoms with Gasteiger partial charge in [0.15, 0.2) is 5.58 Å². The molecule has 0 amide bonds. The summed E-state index contributed by atoms with van der Waals surface area (Å²) in [5.41, 5.74) is 5.37. The first-order chi connectivity index (χ1) is 16.4. The zero-order valence-electron chi connectivity index (χ0n) is 17.6. The highest BCUT2D eigenvalue weighted by Gasteiger charge is 2.19. The molecular weight excluding hydrogens is 422 g/mol. The average Bonchev–Trinajstić information content (AvgIpc) is 3.53. The van der Waals surface area contributed by atoms with Crippen LogP contribution in [0.4, 0.5) is 0 Å². The Bertz CT molecular complexity index is 1980. The molecule has 2 nitrogen and oxygen atoms in total. The number of rotatable bonds is 1. The Hall–Kier alpha value is -4.08. The first-order valence-corrected chi connectivity index (χ1v) is 11.9. The molecule has 0 aliphatic heterocycles. The summed E-state index contributed by atoms with van der Waals surface area (Å²) in [5.74, 6) is 0. The molecule has 0 N–H and O–H groups in total. The lowest BCUT2D eigenvalue weighted by Gasteiger charge is -2.08. The molecule has 0 radical (unpaired) electrons. The summed E-state index contributed by atoms with van der Waals surface area (Å²) in [6.45, 7) is 0. The molecule has 154 valence electrons. The molecule has 8 rings (SSSR count). The normalized spacial score (nSPS) is 12.2. The van der Waals surface area contributed by atoms with Crippen LogP contribution in [0.1, 0.15) is 0 Å². The van der Waals surface area contributed by atoms with E-state index in [-0.39, 0.29) is 0 Å². The number of fused-ring (bicyclic) bond motifs is 10. The van der Waals surface area contributed by atoms with Gasteiger partial charge in [-0.2, -0.15) is 0 Å². The third kappa shape index (κ3) is 2.22. The predicted octanol–water partition coefficient (Wildman–Crippen LogP) is 9.05. The largest absolute Gasteiger partial charge is 0.453 e. The van der Waals surface area contributed by atoms with Gasteiger partial charge in [-0.15, -0.1) is 11.3 Å². The fourth-order valence-corrected chi connectivity index (χ4v) is 6.51. The minimum absolute atomic E-state index is 0.932. The van der Waals surface area contributed by atoms with Crippen LogP contribution < -0.4 is 0 Å². The van der Waals surface area contributed by atoms with Gasteiger partial charge in [0.1, 0.15) is 5.58 Å². The zero-order chi connectivity index (χ0) is 21.5. The minimum Gasteiger partial charge on any atom is -0.453 e. The Morgan fingerprint density at radius 3 is 1.91 bits per heavy atom. The number of aromatic nitrogens is 1. The third-order valence-electron chi connectivity index (χ3n) is 6.81. The van der Waals surface area contributed by atoms with E-state index in [2.05, 4.69) is 108 Å². The van der Waals surface area contributed by atoms with Gasteiger partial charge in [0, 0.05) is 41.7 Å². The van der Waals surface area contributed by atoms with E-state index in [1.165, 1.54) is 47.4 Å². The number of furan rings is 1. The van der Waals surface area contributed by atoms with E-state index in [9.17, 15) is 0 Å². The summed E-state index contributed by atoms with van der Waals surface area (Å²) in [6, 6.07) is 36.8. The van der Waals surface area contributed by atoms with Crippen LogP contribution in [0.3, 0.4) is 0 Å². The van der Waals surface area contributed by atoms with Gasteiger partial charge in [-0.05, 0) is 36.4 Å². The molecule has 3 heterocycles. The maximum atomic E-state index is 6.77. The van der Waals surface area contributed by atoms with Crippen molar-refractivity contribution in [2.75, 3.05) is 0 Å². The van der Waals surface area contributed by atoms with Gasteiger partial charge >= 0.3 is 0 Å². The van der Waals surface area contributed by atoms with Crippen LogP contribution in [-0.4, -0.2) is 4.57 Å². The summed E-state index contributed by atoms with van der Waals surface area (Å²) >= 11 is 1.83. The number of benzene rings is 5. The third-order valence-corrected chi connectivity index (χ3v) is 7.94. The van der Waals surface area contributed by atoms with Crippen molar-refractivity contribution >= 4 is 75.3 Å². The Morgan fingerprint density at radius 1 is 0.485 bits per heavy atom. The summed E-state index contributed by atoms with van der Waals surface area (Å²) < 4.78 is 11.7. The van der Waals surface area contributed by atoms with E-state index in [0.29, 0.717) is 0 Å². The van der Waals surface area contributed by atoms with Crippen LogP contribution in [-0.2, 0) is 0 Å². The lowest BCUT2D eigenvalue weighted by atomic mass is 10.1. The second kappa shape index (κ2) is 6.25. The fourth-order valence-electron chi connectivity index (χ4n) is 5.41. The molecule has 0 fully saturated rings. The predicted molar refractivity (Wildman–Crippen MR) is 141 cm³/mol. The van der Waals surface area contributed by atoms with Gasteiger partial charge in [-0.3, -0.25) is 0 Å². The van der Waals surface area contributed by atoms with Crippen molar-refractivity contribution in [3.8, 4) is 5.69 Å². The van der Waals surface area contributed by atoms with Crippen LogP contribution in [0.5, 0.6) is 0 Å².